The maximum atomic E-state index is 12.7. The van der Waals surface area contributed by atoms with E-state index in [9.17, 15) is 18.0 Å². The molecule has 0 radical (unpaired) electrons. The molecule has 7 nitrogen and oxygen atoms in total. The molecule has 0 unspecified atom stereocenters. The predicted octanol–water partition coefficient (Wildman–Crippen LogP) is 4.22. The number of nitrogens with one attached hydrogen (secondary N) is 2. The SMILES string of the molecule is CC.COC(=O)CN(C)CC(=N)N(Cc1ccc(-c2ccc(C(F)(F)F)cc2)cc1)C(=N)CN. The number of ether oxygens (including phenoxy) is 1. The number of rotatable bonds is 8. The summed E-state index contributed by atoms with van der Waals surface area (Å²) in [7, 11) is 2.95. The summed E-state index contributed by atoms with van der Waals surface area (Å²) in [5, 5.41) is 16.5. The third-order valence-corrected chi connectivity index (χ3v) is 4.73. The first-order valence-corrected chi connectivity index (χ1v) is 10.7. The molecule has 0 saturated heterocycles. The molecule has 2 rings (SSSR count). The fourth-order valence-corrected chi connectivity index (χ4v) is 2.98. The van der Waals surface area contributed by atoms with Gasteiger partial charge in [-0.25, -0.2) is 0 Å². The van der Waals surface area contributed by atoms with E-state index < -0.39 is 17.7 Å². The van der Waals surface area contributed by atoms with Crippen molar-refractivity contribution < 1.29 is 22.7 Å². The van der Waals surface area contributed by atoms with Crippen molar-refractivity contribution in [3.63, 3.8) is 0 Å². The first kappa shape index (κ1) is 28.8. The molecule has 0 atom stereocenters. The number of esters is 1. The molecule has 0 bridgehead atoms. The molecule has 0 aliphatic rings. The predicted molar refractivity (Wildman–Crippen MR) is 128 cm³/mol. The Bertz CT molecular complexity index is 945. The van der Waals surface area contributed by atoms with Gasteiger partial charge in [0.1, 0.15) is 11.7 Å². The molecular weight excluding hydrogens is 447 g/mol. The lowest BCUT2D eigenvalue weighted by Crippen LogP contribution is -2.44. The first-order chi connectivity index (χ1) is 16.0. The van der Waals surface area contributed by atoms with Crippen molar-refractivity contribution in [1.29, 1.82) is 10.8 Å². The largest absolute Gasteiger partial charge is 0.468 e. The van der Waals surface area contributed by atoms with Gasteiger partial charge >= 0.3 is 12.1 Å². The molecule has 2 aromatic carbocycles. The van der Waals surface area contributed by atoms with Gasteiger partial charge in [0.25, 0.3) is 0 Å². The second kappa shape index (κ2) is 13.5. The number of amidine groups is 2. The smallest absolute Gasteiger partial charge is 0.416 e. The Morgan fingerprint density at radius 2 is 1.44 bits per heavy atom. The number of carbonyl (C=O) groups excluding carboxylic acids is 1. The number of hydrogen-bond donors (Lipinski definition) is 3. The number of alkyl halides is 3. The number of carbonyl (C=O) groups is 1. The lowest BCUT2D eigenvalue weighted by Gasteiger charge is -2.27. The van der Waals surface area contributed by atoms with Crippen LogP contribution in [0.2, 0.25) is 0 Å². The molecule has 10 heteroatoms. The lowest BCUT2D eigenvalue weighted by atomic mass is 10.0. The summed E-state index contributed by atoms with van der Waals surface area (Å²) in [4.78, 5) is 14.4. The van der Waals surface area contributed by atoms with Crippen LogP contribution in [0.4, 0.5) is 13.2 Å². The highest BCUT2D eigenvalue weighted by Crippen LogP contribution is 2.31. The van der Waals surface area contributed by atoms with E-state index in [-0.39, 0.29) is 37.9 Å². The van der Waals surface area contributed by atoms with Crippen LogP contribution in [0, 0.1) is 10.8 Å². The van der Waals surface area contributed by atoms with E-state index in [1.54, 1.807) is 36.2 Å². The standard InChI is InChI=1S/C22H26F3N5O2.C2H6/c1-29(14-21(31)32-2)13-20(28)30(19(27)11-26)12-15-3-5-16(6-4-15)17-7-9-18(10-8-17)22(23,24)25;1-2/h3-10,27-28H,11-14,26H2,1-2H3;1-2H3. The minimum Gasteiger partial charge on any atom is -0.468 e. The van der Waals surface area contributed by atoms with Crippen LogP contribution in [0.5, 0.6) is 0 Å². The quantitative estimate of drug-likeness (QED) is 0.299. The average Bonchev–Trinajstić information content (AvgIpc) is 2.83. The molecule has 0 amide bonds. The highest BCUT2D eigenvalue weighted by Gasteiger charge is 2.30. The molecule has 0 aliphatic heterocycles. The van der Waals surface area contributed by atoms with E-state index in [2.05, 4.69) is 4.74 Å². The molecule has 4 N–H and O–H groups in total. The molecule has 0 spiro atoms. The molecule has 0 heterocycles. The molecule has 0 fully saturated rings. The van der Waals surface area contributed by atoms with Gasteiger partial charge in [0, 0.05) is 0 Å². The van der Waals surface area contributed by atoms with Crippen LogP contribution in [0.15, 0.2) is 48.5 Å². The minimum atomic E-state index is -4.38. The molecule has 2 aromatic rings. The van der Waals surface area contributed by atoms with E-state index in [0.717, 1.165) is 23.3 Å². The Morgan fingerprint density at radius 3 is 1.88 bits per heavy atom. The topological polar surface area (TPSA) is 106 Å². The van der Waals surface area contributed by atoms with Gasteiger partial charge in [0.15, 0.2) is 0 Å². The third-order valence-electron chi connectivity index (χ3n) is 4.73. The van der Waals surface area contributed by atoms with Gasteiger partial charge in [-0.2, -0.15) is 13.2 Å². The summed E-state index contributed by atoms with van der Waals surface area (Å²) < 4.78 is 42.8. The van der Waals surface area contributed by atoms with Crippen molar-refractivity contribution in [2.45, 2.75) is 26.6 Å². The number of halogens is 3. The van der Waals surface area contributed by atoms with Crippen molar-refractivity contribution in [3.8, 4) is 11.1 Å². The average molecular weight is 480 g/mol. The van der Waals surface area contributed by atoms with Crippen molar-refractivity contribution in [2.75, 3.05) is 33.8 Å². The van der Waals surface area contributed by atoms with Crippen molar-refractivity contribution >= 4 is 17.6 Å². The van der Waals surface area contributed by atoms with Gasteiger partial charge in [-0.1, -0.05) is 50.2 Å². The van der Waals surface area contributed by atoms with Gasteiger partial charge in [0.05, 0.1) is 38.9 Å². The monoisotopic (exact) mass is 479 g/mol. The number of methoxy groups -OCH3 is 1. The van der Waals surface area contributed by atoms with Gasteiger partial charge in [-0.05, 0) is 35.9 Å². The van der Waals surface area contributed by atoms with Crippen molar-refractivity contribution in [3.05, 3.63) is 59.7 Å². The van der Waals surface area contributed by atoms with Crippen LogP contribution in [0.1, 0.15) is 25.0 Å². The summed E-state index contributed by atoms with van der Waals surface area (Å²) in [5.74, 6) is -0.286. The Morgan fingerprint density at radius 1 is 0.941 bits per heavy atom. The number of benzene rings is 2. The molecule has 186 valence electrons. The lowest BCUT2D eigenvalue weighted by molar-refractivity contribution is -0.141. The van der Waals surface area contributed by atoms with Crippen molar-refractivity contribution in [2.24, 2.45) is 5.73 Å². The second-order valence-electron chi connectivity index (χ2n) is 7.20. The van der Waals surface area contributed by atoms with Gasteiger partial charge in [-0.3, -0.25) is 20.5 Å². The summed E-state index contributed by atoms with van der Waals surface area (Å²) in [5.41, 5.74) is 7.09. The van der Waals surface area contributed by atoms with E-state index in [1.807, 2.05) is 13.8 Å². The van der Waals surface area contributed by atoms with Crippen LogP contribution in [0.3, 0.4) is 0 Å². The highest BCUT2D eigenvalue weighted by molar-refractivity contribution is 5.99. The molecule has 34 heavy (non-hydrogen) atoms. The first-order valence-electron chi connectivity index (χ1n) is 10.7. The summed E-state index contributed by atoms with van der Waals surface area (Å²) in [6, 6.07) is 12.0. The Labute approximate surface area is 198 Å². The fourth-order valence-electron chi connectivity index (χ4n) is 2.98. The maximum absolute atomic E-state index is 12.7. The van der Waals surface area contributed by atoms with Crippen molar-refractivity contribution in [1.82, 2.24) is 9.80 Å². The number of likely N-dealkylation sites (N-methyl/N-ethyl adjacent to an activating group) is 1. The zero-order valence-corrected chi connectivity index (χ0v) is 19.9. The summed E-state index contributed by atoms with van der Waals surface area (Å²) >= 11 is 0. The highest BCUT2D eigenvalue weighted by atomic mass is 19.4. The Kier molecular flexibility index (Phi) is 11.4. The Hall–Kier alpha value is -3.24. The van der Waals surface area contributed by atoms with E-state index >= 15 is 0 Å². The van der Waals surface area contributed by atoms with E-state index in [0.29, 0.717) is 5.56 Å². The van der Waals surface area contributed by atoms with Crippen LogP contribution in [0.25, 0.3) is 11.1 Å². The second-order valence-corrected chi connectivity index (χ2v) is 7.20. The van der Waals surface area contributed by atoms with Crippen LogP contribution < -0.4 is 5.73 Å². The third kappa shape index (κ3) is 8.60. The van der Waals surface area contributed by atoms with Gasteiger partial charge in [0.2, 0.25) is 0 Å². The molecule has 0 aliphatic carbocycles. The molecule has 0 saturated carbocycles. The molecular formula is C24H32F3N5O2. The summed E-state index contributed by atoms with van der Waals surface area (Å²) in [6.07, 6.45) is -4.38. The normalized spacial score (nSPS) is 10.9. The zero-order chi connectivity index (χ0) is 25.9. The van der Waals surface area contributed by atoms with Gasteiger partial charge < -0.3 is 15.4 Å². The minimum absolute atomic E-state index is 0.00447. The number of nitrogens with two attached hydrogens (primary N) is 1. The fraction of sp³-hybridized carbons (Fsp3) is 0.375. The van der Waals surface area contributed by atoms with Crippen LogP contribution in [-0.2, 0) is 22.3 Å². The van der Waals surface area contributed by atoms with Gasteiger partial charge in [-0.15, -0.1) is 0 Å². The van der Waals surface area contributed by atoms with Crippen LogP contribution in [-0.4, -0.2) is 61.2 Å². The summed E-state index contributed by atoms with van der Waals surface area (Å²) in [6.45, 7) is 4.27. The van der Waals surface area contributed by atoms with E-state index in [4.69, 9.17) is 16.6 Å². The van der Waals surface area contributed by atoms with E-state index in [1.165, 1.54) is 24.1 Å². The number of hydrogen-bond acceptors (Lipinski definition) is 6. The maximum Gasteiger partial charge on any atom is 0.416 e. The molecule has 0 aromatic heterocycles. The Balaban J connectivity index is 0.00000281. The zero-order valence-electron chi connectivity index (χ0n) is 19.9. The number of nitrogens with zero attached hydrogens (tertiary/aromatic N) is 2. The van der Waals surface area contributed by atoms with Crippen LogP contribution >= 0.6 is 0 Å².